The molecular weight excluding hydrogens is 390 g/mol. The second kappa shape index (κ2) is 8.61. The number of rotatable bonds is 4. The Labute approximate surface area is 184 Å². The van der Waals surface area contributed by atoms with E-state index in [1.807, 2.05) is 36.9 Å². The van der Waals surface area contributed by atoms with Crippen molar-refractivity contribution in [1.82, 2.24) is 4.90 Å². The van der Waals surface area contributed by atoms with Crippen LogP contribution in [0, 0.1) is 26.7 Å². The van der Waals surface area contributed by atoms with Crippen LogP contribution in [0.5, 0.6) is 5.75 Å². The third-order valence-electron chi connectivity index (χ3n) is 6.75. The molecule has 0 radical (unpaired) electrons. The summed E-state index contributed by atoms with van der Waals surface area (Å²) in [4.78, 5) is 27.5. The Kier molecular flexibility index (Phi) is 5.90. The highest BCUT2D eigenvalue weighted by Gasteiger charge is 2.34. The number of fused-ring (bicyclic) bond motifs is 1. The molecule has 0 spiro atoms. The molecule has 2 aromatic carbocycles. The highest BCUT2D eigenvalue weighted by Crippen LogP contribution is 2.35. The van der Waals surface area contributed by atoms with Gasteiger partial charge >= 0.3 is 6.03 Å². The van der Waals surface area contributed by atoms with Crippen molar-refractivity contribution in [3.8, 4) is 5.75 Å². The average molecular weight is 422 g/mol. The third-order valence-corrected chi connectivity index (χ3v) is 6.75. The van der Waals surface area contributed by atoms with Gasteiger partial charge in [-0.1, -0.05) is 12.1 Å². The summed E-state index contributed by atoms with van der Waals surface area (Å²) in [7, 11) is 1.64. The minimum atomic E-state index is -0.0252. The molecule has 6 heteroatoms. The lowest BCUT2D eigenvalue weighted by molar-refractivity contribution is -0.121. The Hall–Kier alpha value is -3.02. The molecule has 2 N–H and O–H groups in total. The number of carbonyl (C=O) groups is 2. The van der Waals surface area contributed by atoms with E-state index in [4.69, 9.17) is 4.74 Å². The summed E-state index contributed by atoms with van der Waals surface area (Å²) in [5, 5.41) is 6.14. The molecule has 0 aromatic heterocycles. The molecule has 1 aliphatic heterocycles. The molecule has 1 aliphatic carbocycles. The minimum absolute atomic E-state index is 0.0252. The number of hydrogen-bond acceptors (Lipinski definition) is 3. The Morgan fingerprint density at radius 3 is 2.42 bits per heavy atom. The van der Waals surface area contributed by atoms with Crippen molar-refractivity contribution < 1.29 is 14.3 Å². The highest BCUT2D eigenvalue weighted by atomic mass is 16.5. The molecule has 6 nitrogen and oxygen atoms in total. The van der Waals surface area contributed by atoms with E-state index in [0.717, 1.165) is 53.9 Å². The van der Waals surface area contributed by atoms with E-state index in [1.165, 1.54) is 11.1 Å². The minimum Gasteiger partial charge on any atom is -0.496 e. The summed E-state index contributed by atoms with van der Waals surface area (Å²) >= 11 is 0. The van der Waals surface area contributed by atoms with Crippen LogP contribution in [0.15, 0.2) is 30.3 Å². The largest absolute Gasteiger partial charge is 0.496 e. The molecule has 0 bridgehead atoms. The van der Waals surface area contributed by atoms with Crippen LogP contribution >= 0.6 is 0 Å². The first-order valence-electron chi connectivity index (χ1n) is 11.0. The molecule has 1 saturated carbocycles. The lowest BCUT2D eigenvalue weighted by Crippen LogP contribution is -2.47. The van der Waals surface area contributed by atoms with Gasteiger partial charge in [-0.15, -0.1) is 0 Å². The van der Waals surface area contributed by atoms with Crippen LogP contribution in [-0.2, 0) is 11.3 Å². The number of carbonyl (C=O) groups excluding carboxylic acids is 2. The van der Waals surface area contributed by atoms with Crippen LogP contribution in [0.1, 0.15) is 47.9 Å². The number of ether oxygens (including phenoxy) is 1. The van der Waals surface area contributed by atoms with Crippen LogP contribution in [0.3, 0.4) is 0 Å². The van der Waals surface area contributed by atoms with Crippen molar-refractivity contribution in [3.63, 3.8) is 0 Å². The van der Waals surface area contributed by atoms with Crippen LogP contribution < -0.4 is 15.4 Å². The molecule has 4 rings (SSSR count). The molecule has 0 saturated heterocycles. The Morgan fingerprint density at radius 2 is 1.74 bits per heavy atom. The van der Waals surface area contributed by atoms with E-state index >= 15 is 0 Å². The standard InChI is InChI=1S/C25H31N3O3/c1-15-5-6-16(2)23-21(15)14-28(25(30)27-23)20-10-7-18(8-11-20)24(29)26-19-9-12-22(31-4)17(3)13-19/h5-6,9,12-13,18,20H,7-8,10-11,14H2,1-4H3,(H,26,29)(H,27,30). The average Bonchev–Trinajstić information content (AvgIpc) is 2.76. The van der Waals surface area contributed by atoms with E-state index in [0.29, 0.717) is 6.54 Å². The van der Waals surface area contributed by atoms with Crippen LogP contribution in [0.2, 0.25) is 0 Å². The number of amides is 3. The number of benzene rings is 2. The molecule has 3 amide bonds. The zero-order chi connectivity index (χ0) is 22.1. The van der Waals surface area contributed by atoms with Gasteiger partial charge in [-0.25, -0.2) is 4.79 Å². The number of nitrogens with one attached hydrogen (secondary N) is 2. The van der Waals surface area contributed by atoms with Crippen molar-refractivity contribution in [3.05, 3.63) is 52.6 Å². The summed E-state index contributed by atoms with van der Waals surface area (Å²) < 4.78 is 5.29. The summed E-state index contributed by atoms with van der Waals surface area (Å²) in [6.07, 6.45) is 3.25. The normalized spacial score (nSPS) is 20.6. The number of methoxy groups -OCH3 is 1. The lowest BCUT2D eigenvalue weighted by Gasteiger charge is -2.40. The number of urea groups is 1. The first-order valence-corrected chi connectivity index (χ1v) is 11.0. The quantitative estimate of drug-likeness (QED) is 0.716. The van der Waals surface area contributed by atoms with Gasteiger partial charge in [0.1, 0.15) is 5.75 Å². The zero-order valence-electron chi connectivity index (χ0n) is 18.7. The molecule has 0 unspecified atom stereocenters. The first kappa shape index (κ1) is 21.2. The molecule has 2 aliphatic rings. The molecule has 1 heterocycles. The van der Waals surface area contributed by atoms with Crippen molar-refractivity contribution in [2.75, 3.05) is 17.7 Å². The predicted molar refractivity (Wildman–Crippen MR) is 123 cm³/mol. The smallest absolute Gasteiger partial charge is 0.322 e. The fourth-order valence-electron chi connectivity index (χ4n) is 4.81. The van der Waals surface area contributed by atoms with Crippen LogP contribution in [-0.4, -0.2) is 30.0 Å². The molecule has 164 valence electrons. The maximum Gasteiger partial charge on any atom is 0.322 e. The van der Waals surface area contributed by atoms with E-state index < -0.39 is 0 Å². The van der Waals surface area contributed by atoms with Crippen molar-refractivity contribution >= 4 is 23.3 Å². The summed E-state index contributed by atoms with van der Waals surface area (Å²) in [6, 6.07) is 9.99. The van der Waals surface area contributed by atoms with Gasteiger partial charge < -0.3 is 20.3 Å². The van der Waals surface area contributed by atoms with Gasteiger partial charge in [-0.2, -0.15) is 0 Å². The summed E-state index contributed by atoms with van der Waals surface area (Å²) in [6.45, 7) is 6.73. The molecular formula is C25H31N3O3. The van der Waals surface area contributed by atoms with E-state index in [9.17, 15) is 9.59 Å². The third kappa shape index (κ3) is 4.24. The van der Waals surface area contributed by atoms with Gasteiger partial charge in [0.2, 0.25) is 5.91 Å². The number of hydrogen-bond donors (Lipinski definition) is 2. The number of nitrogens with zero attached hydrogens (tertiary/aromatic N) is 1. The summed E-state index contributed by atoms with van der Waals surface area (Å²) in [5.41, 5.74) is 6.25. The Morgan fingerprint density at radius 1 is 1.03 bits per heavy atom. The predicted octanol–water partition coefficient (Wildman–Crippen LogP) is 5.17. The van der Waals surface area contributed by atoms with Gasteiger partial charge in [0.15, 0.2) is 0 Å². The zero-order valence-corrected chi connectivity index (χ0v) is 18.7. The molecule has 1 fully saturated rings. The SMILES string of the molecule is COc1ccc(NC(=O)C2CCC(N3Cc4c(C)ccc(C)c4NC3=O)CC2)cc1C. The van der Waals surface area contributed by atoms with E-state index in [2.05, 4.69) is 29.7 Å². The maximum atomic E-state index is 12.8. The Bertz CT molecular complexity index is 1010. The number of anilines is 2. The van der Waals surface area contributed by atoms with Gasteiger partial charge in [0.05, 0.1) is 19.3 Å². The van der Waals surface area contributed by atoms with Gasteiger partial charge in [-0.05, 0) is 86.9 Å². The number of aryl methyl sites for hydroxylation is 3. The molecule has 2 aromatic rings. The van der Waals surface area contributed by atoms with Crippen LogP contribution in [0.4, 0.5) is 16.2 Å². The van der Waals surface area contributed by atoms with E-state index in [1.54, 1.807) is 7.11 Å². The molecule has 31 heavy (non-hydrogen) atoms. The second-order valence-electron chi connectivity index (χ2n) is 8.79. The highest BCUT2D eigenvalue weighted by molar-refractivity contribution is 5.94. The monoisotopic (exact) mass is 421 g/mol. The van der Waals surface area contributed by atoms with Crippen molar-refractivity contribution in [2.45, 2.75) is 59.0 Å². The molecule has 0 atom stereocenters. The fourth-order valence-corrected chi connectivity index (χ4v) is 4.81. The van der Waals surface area contributed by atoms with E-state index in [-0.39, 0.29) is 23.9 Å². The van der Waals surface area contributed by atoms with Gasteiger partial charge in [0, 0.05) is 17.6 Å². The maximum absolute atomic E-state index is 12.8. The Balaban J connectivity index is 1.37. The van der Waals surface area contributed by atoms with Crippen LogP contribution in [0.25, 0.3) is 0 Å². The van der Waals surface area contributed by atoms with Crippen molar-refractivity contribution in [1.29, 1.82) is 0 Å². The summed E-state index contributed by atoms with van der Waals surface area (Å²) in [5.74, 6) is 0.844. The second-order valence-corrected chi connectivity index (χ2v) is 8.79. The fraction of sp³-hybridized carbons (Fsp3) is 0.440. The van der Waals surface area contributed by atoms with Gasteiger partial charge in [0.25, 0.3) is 0 Å². The van der Waals surface area contributed by atoms with Crippen molar-refractivity contribution in [2.24, 2.45) is 5.92 Å². The topological polar surface area (TPSA) is 70.7 Å². The first-order chi connectivity index (χ1) is 14.9. The lowest BCUT2D eigenvalue weighted by atomic mass is 9.84. The van der Waals surface area contributed by atoms with Gasteiger partial charge in [-0.3, -0.25) is 4.79 Å².